The Balaban J connectivity index is 2.66. The Morgan fingerprint density at radius 2 is 2.12 bits per heavy atom. The fourth-order valence-corrected chi connectivity index (χ4v) is 1.43. The summed E-state index contributed by atoms with van der Waals surface area (Å²) in [5, 5.41) is 16.7. The maximum absolute atomic E-state index is 10.5. The lowest BCUT2D eigenvalue weighted by Gasteiger charge is -2.16. The second-order valence-corrected chi connectivity index (χ2v) is 5.15. The summed E-state index contributed by atoms with van der Waals surface area (Å²) in [7, 11) is 0. The van der Waals surface area contributed by atoms with Crippen molar-refractivity contribution >= 4 is 5.97 Å². The zero-order chi connectivity index (χ0) is 13.1. The van der Waals surface area contributed by atoms with E-state index in [1.165, 1.54) is 0 Å². The van der Waals surface area contributed by atoms with E-state index in [1.54, 1.807) is 0 Å². The molecule has 0 spiro atoms. The molecule has 0 saturated heterocycles. The second-order valence-electron chi connectivity index (χ2n) is 5.15. The van der Waals surface area contributed by atoms with Crippen LogP contribution in [0.15, 0.2) is 4.42 Å². The van der Waals surface area contributed by atoms with Crippen LogP contribution < -0.4 is 0 Å². The molecule has 0 aliphatic rings. The van der Waals surface area contributed by atoms with E-state index < -0.39 is 5.97 Å². The summed E-state index contributed by atoms with van der Waals surface area (Å²) >= 11 is 0. The molecule has 0 radical (unpaired) electrons. The molecule has 5 nitrogen and oxygen atoms in total. The highest BCUT2D eigenvalue weighted by molar-refractivity contribution is 5.66. The van der Waals surface area contributed by atoms with Gasteiger partial charge in [0.2, 0.25) is 11.8 Å². The van der Waals surface area contributed by atoms with E-state index in [4.69, 9.17) is 9.52 Å². The van der Waals surface area contributed by atoms with Crippen molar-refractivity contribution in [3.05, 3.63) is 11.8 Å². The lowest BCUT2D eigenvalue weighted by Crippen LogP contribution is -2.15. The minimum atomic E-state index is -0.800. The normalized spacial score (nSPS) is 13.6. The van der Waals surface area contributed by atoms with Crippen molar-refractivity contribution in [1.82, 2.24) is 10.2 Å². The Labute approximate surface area is 101 Å². The molecule has 0 amide bonds. The summed E-state index contributed by atoms with van der Waals surface area (Å²) < 4.78 is 5.58. The molecule has 1 N–H and O–H groups in total. The molecule has 1 heterocycles. The first kappa shape index (κ1) is 13.7. The molecule has 0 aliphatic heterocycles. The first-order valence-corrected chi connectivity index (χ1v) is 5.89. The number of hydrogen-bond acceptors (Lipinski definition) is 4. The molecule has 0 aliphatic carbocycles. The van der Waals surface area contributed by atoms with Crippen LogP contribution in [0.3, 0.4) is 0 Å². The largest absolute Gasteiger partial charge is 0.481 e. The Morgan fingerprint density at radius 3 is 2.65 bits per heavy atom. The van der Waals surface area contributed by atoms with Gasteiger partial charge in [-0.1, -0.05) is 27.7 Å². The van der Waals surface area contributed by atoms with E-state index in [9.17, 15) is 4.79 Å². The first-order valence-electron chi connectivity index (χ1n) is 5.89. The Kier molecular flexibility index (Phi) is 4.26. The minimum Gasteiger partial charge on any atom is -0.481 e. The van der Waals surface area contributed by atoms with Crippen molar-refractivity contribution in [2.24, 2.45) is 5.92 Å². The predicted octanol–water partition coefficient (Wildman–Crippen LogP) is 2.41. The summed E-state index contributed by atoms with van der Waals surface area (Å²) in [4.78, 5) is 10.5. The molecule has 5 heteroatoms. The monoisotopic (exact) mass is 240 g/mol. The van der Waals surface area contributed by atoms with Gasteiger partial charge in [0, 0.05) is 18.3 Å². The van der Waals surface area contributed by atoms with Crippen LogP contribution in [0, 0.1) is 5.92 Å². The van der Waals surface area contributed by atoms with Crippen LogP contribution in [0.25, 0.3) is 0 Å². The van der Waals surface area contributed by atoms with Gasteiger partial charge in [0.1, 0.15) is 0 Å². The SMILES string of the molecule is CCC(C)(C)c1nnc(CC(C)CC(=O)O)o1. The van der Waals surface area contributed by atoms with Gasteiger partial charge in [0.25, 0.3) is 0 Å². The van der Waals surface area contributed by atoms with E-state index in [-0.39, 0.29) is 17.8 Å². The fraction of sp³-hybridized carbons (Fsp3) is 0.750. The molecule has 96 valence electrons. The number of aliphatic carboxylic acids is 1. The number of carboxylic acids is 1. The van der Waals surface area contributed by atoms with Crippen molar-refractivity contribution in [3.8, 4) is 0 Å². The molecule has 1 aromatic heterocycles. The molecule has 1 unspecified atom stereocenters. The summed E-state index contributed by atoms with van der Waals surface area (Å²) in [6, 6.07) is 0. The zero-order valence-corrected chi connectivity index (χ0v) is 10.9. The molecule has 1 aromatic rings. The third-order valence-corrected chi connectivity index (χ3v) is 2.98. The highest BCUT2D eigenvalue weighted by Crippen LogP contribution is 2.25. The van der Waals surface area contributed by atoms with E-state index in [0.29, 0.717) is 18.2 Å². The number of carbonyl (C=O) groups is 1. The number of aromatic nitrogens is 2. The molecule has 17 heavy (non-hydrogen) atoms. The average molecular weight is 240 g/mol. The number of nitrogens with zero attached hydrogens (tertiary/aromatic N) is 2. The summed E-state index contributed by atoms with van der Waals surface area (Å²) in [5.74, 6) is 0.351. The minimum absolute atomic E-state index is 0.00513. The summed E-state index contributed by atoms with van der Waals surface area (Å²) in [5.41, 5.74) is -0.124. The van der Waals surface area contributed by atoms with Gasteiger partial charge in [0.15, 0.2) is 0 Å². The van der Waals surface area contributed by atoms with Crippen LogP contribution in [-0.2, 0) is 16.6 Å². The van der Waals surface area contributed by atoms with Gasteiger partial charge in [-0.05, 0) is 12.3 Å². The van der Waals surface area contributed by atoms with Crippen LogP contribution in [0.5, 0.6) is 0 Å². The second kappa shape index (κ2) is 5.29. The fourth-order valence-electron chi connectivity index (χ4n) is 1.43. The van der Waals surface area contributed by atoms with Crippen molar-refractivity contribution in [3.63, 3.8) is 0 Å². The van der Waals surface area contributed by atoms with Crippen LogP contribution >= 0.6 is 0 Å². The Hall–Kier alpha value is -1.39. The lowest BCUT2D eigenvalue weighted by atomic mass is 9.90. The molecule has 0 fully saturated rings. The Bertz CT molecular complexity index is 385. The molecule has 1 atom stereocenters. The van der Waals surface area contributed by atoms with E-state index in [1.807, 2.05) is 20.8 Å². The molecule has 0 bridgehead atoms. The molecule has 0 saturated carbocycles. The maximum Gasteiger partial charge on any atom is 0.303 e. The highest BCUT2D eigenvalue weighted by atomic mass is 16.4. The van der Waals surface area contributed by atoms with E-state index in [0.717, 1.165) is 6.42 Å². The van der Waals surface area contributed by atoms with Gasteiger partial charge in [-0.3, -0.25) is 4.79 Å². The van der Waals surface area contributed by atoms with Gasteiger partial charge in [-0.25, -0.2) is 0 Å². The molecular formula is C12H20N2O3. The smallest absolute Gasteiger partial charge is 0.303 e. The van der Waals surface area contributed by atoms with E-state index in [2.05, 4.69) is 17.1 Å². The number of hydrogen-bond donors (Lipinski definition) is 1. The number of rotatable bonds is 6. The van der Waals surface area contributed by atoms with Crippen LogP contribution in [0.2, 0.25) is 0 Å². The predicted molar refractivity (Wildman–Crippen MR) is 62.7 cm³/mol. The van der Waals surface area contributed by atoms with Gasteiger partial charge >= 0.3 is 5.97 Å². The standard InChI is InChI=1S/C12H20N2O3/c1-5-12(3,4)11-14-13-9(17-11)6-8(2)7-10(15)16/h8H,5-7H2,1-4H3,(H,15,16). The third kappa shape index (κ3) is 3.84. The van der Waals surface area contributed by atoms with E-state index >= 15 is 0 Å². The molecule has 0 aromatic carbocycles. The van der Waals surface area contributed by atoms with Crippen LogP contribution in [0.4, 0.5) is 0 Å². The van der Waals surface area contributed by atoms with Crippen molar-refractivity contribution in [1.29, 1.82) is 0 Å². The van der Waals surface area contributed by atoms with Crippen LogP contribution in [-0.4, -0.2) is 21.3 Å². The van der Waals surface area contributed by atoms with Gasteiger partial charge in [0.05, 0.1) is 0 Å². The maximum atomic E-state index is 10.5. The molecule has 1 rings (SSSR count). The quantitative estimate of drug-likeness (QED) is 0.826. The van der Waals surface area contributed by atoms with Gasteiger partial charge in [-0.2, -0.15) is 0 Å². The molecular weight excluding hydrogens is 220 g/mol. The van der Waals surface area contributed by atoms with Gasteiger partial charge in [-0.15, -0.1) is 10.2 Å². The van der Waals surface area contributed by atoms with Crippen molar-refractivity contribution in [2.45, 2.75) is 52.4 Å². The van der Waals surface area contributed by atoms with Crippen molar-refractivity contribution in [2.75, 3.05) is 0 Å². The van der Waals surface area contributed by atoms with Crippen LogP contribution in [0.1, 0.15) is 52.3 Å². The third-order valence-electron chi connectivity index (χ3n) is 2.98. The average Bonchev–Trinajstić information content (AvgIpc) is 2.65. The van der Waals surface area contributed by atoms with Crippen molar-refractivity contribution < 1.29 is 14.3 Å². The van der Waals surface area contributed by atoms with Gasteiger partial charge < -0.3 is 9.52 Å². The highest BCUT2D eigenvalue weighted by Gasteiger charge is 2.25. The topological polar surface area (TPSA) is 76.2 Å². The summed E-state index contributed by atoms with van der Waals surface area (Å²) in [6.07, 6.45) is 1.55. The summed E-state index contributed by atoms with van der Waals surface area (Å²) in [6.45, 7) is 8.02. The number of carboxylic acid groups (broad SMARTS) is 1. The lowest BCUT2D eigenvalue weighted by molar-refractivity contribution is -0.137. The first-order chi connectivity index (χ1) is 7.85. The zero-order valence-electron chi connectivity index (χ0n) is 10.9. The Morgan fingerprint density at radius 1 is 1.47 bits per heavy atom.